The molecule has 116 valence electrons. The first-order chi connectivity index (χ1) is 10.3. The quantitative estimate of drug-likeness (QED) is 0.559. The van der Waals surface area contributed by atoms with E-state index in [0.717, 1.165) is 23.7 Å². The van der Waals surface area contributed by atoms with Gasteiger partial charge in [-0.25, -0.2) is 0 Å². The molecule has 0 unspecified atom stereocenters. The highest BCUT2D eigenvalue weighted by molar-refractivity contribution is 6.74. The Bertz CT molecular complexity index is 699. The molecule has 0 saturated heterocycles. The van der Waals surface area contributed by atoms with E-state index in [4.69, 9.17) is 9.16 Å². The zero-order valence-electron chi connectivity index (χ0n) is 14.1. The van der Waals surface area contributed by atoms with E-state index in [-0.39, 0.29) is 5.04 Å². The van der Waals surface area contributed by atoms with E-state index in [2.05, 4.69) is 52.1 Å². The summed E-state index contributed by atoms with van der Waals surface area (Å²) < 4.78 is 12.6. The molecular formula is C19H24O2Si. The fraction of sp³-hybridized carbons (Fsp3) is 0.368. The molecule has 0 aliphatic carbocycles. The van der Waals surface area contributed by atoms with Gasteiger partial charge >= 0.3 is 0 Å². The number of para-hydroxylation sites is 1. The SMILES string of the molecule is CC(C)(C)[Si](C)(C)Oc1cccc2c1Cc1ccccc1O2. The highest BCUT2D eigenvalue weighted by Gasteiger charge is 2.39. The average molecular weight is 312 g/mol. The third kappa shape index (κ3) is 2.65. The van der Waals surface area contributed by atoms with Crippen molar-refractivity contribution in [2.75, 3.05) is 0 Å². The van der Waals surface area contributed by atoms with Crippen molar-refractivity contribution in [2.24, 2.45) is 0 Å². The van der Waals surface area contributed by atoms with Crippen LogP contribution in [0.4, 0.5) is 0 Å². The summed E-state index contributed by atoms with van der Waals surface area (Å²) in [5.41, 5.74) is 2.40. The maximum absolute atomic E-state index is 6.54. The van der Waals surface area contributed by atoms with E-state index in [1.165, 1.54) is 11.1 Å². The van der Waals surface area contributed by atoms with Gasteiger partial charge in [0.25, 0.3) is 0 Å². The van der Waals surface area contributed by atoms with E-state index >= 15 is 0 Å². The molecule has 0 radical (unpaired) electrons. The topological polar surface area (TPSA) is 18.5 Å². The fourth-order valence-electron chi connectivity index (χ4n) is 2.40. The molecule has 0 atom stereocenters. The van der Waals surface area contributed by atoms with Crippen LogP contribution in [0.3, 0.4) is 0 Å². The summed E-state index contributed by atoms with van der Waals surface area (Å²) in [6, 6.07) is 14.4. The minimum atomic E-state index is -1.85. The van der Waals surface area contributed by atoms with Gasteiger partial charge in [-0.05, 0) is 41.9 Å². The molecule has 0 aromatic heterocycles. The molecule has 0 N–H and O–H groups in total. The fourth-order valence-corrected chi connectivity index (χ4v) is 3.44. The van der Waals surface area contributed by atoms with Gasteiger partial charge in [-0.3, -0.25) is 0 Å². The first kappa shape index (κ1) is 15.2. The predicted molar refractivity (Wildman–Crippen MR) is 93.6 cm³/mol. The van der Waals surface area contributed by atoms with E-state index < -0.39 is 8.32 Å². The van der Waals surface area contributed by atoms with Gasteiger partial charge in [-0.15, -0.1) is 0 Å². The van der Waals surface area contributed by atoms with E-state index in [9.17, 15) is 0 Å². The molecule has 22 heavy (non-hydrogen) atoms. The van der Waals surface area contributed by atoms with Gasteiger partial charge in [0.05, 0.1) is 0 Å². The number of rotatable bonds is 2. The Kier molecular flexibility index (Phi) is 3.56. The minimum Gasteiger partial charge on any atom is -0.543 e. The van der Waals surface area contributed by atoms with Crippen LogP contribution in [0.1, 0.15) is 31.9 Å². The van der Waals surface area contributed by atoms with Gasteiger partial charge < -0.3 is 9.16 Å². The number of fused-ring (bicyclic) bond motifs is 2. The van der Waals surface area contributed by atoms with Crippen LogP contribution in [-0.4, -0.2) is 8.32 Å². The van der Waals surface area contributed by atoms with E-state index in [1.54, 1.807) is 0 Å². The van der Waals surface area contributed by atoms with Crippen LogP contribution in [0, 0.1) is 0 Å². The smallest absolute Gasteiger partial charge is 0.250 e. The lowest BCUT2D eigenvalue weighted by Crippen LogP contribution is -2.44. The van der Waals surface area contributed by atoms with Gasteiger partial charge in [0.15, 0.2) is 0 Å². The van der Waals surface area contributed by atoms with Gasteiger partial charge in [0.2, 0.25) is 8.32 Å². The van der Waals surface area contributed by atoms with Gasteiger partial charge in [0.1, 0.15) is 17.2 Å². The lowest BCUT2D eigenvalue weighted by Gasteiger charge is -2.37. The Labute approximate surface area is 134 Å². The monoisotopic (exact) mass is 312 g/mol. The zero-order chi connectivity index (χ0) is 16.0. The molecule has 0 bridgehead atoms. The Hall–Kier alpha value is -1.74. The molecule has 3 heteroatoms. The van der Waals surface area contributed by atoms with Crippen molar-refractivity contribution in [3.8, 4) is 17.2 Å². The van der Waals surface area contributed by atoms with Crippen LogP contribution in [0.15, 0.2) is 42.5 Å². The second-order valence-electron chi connectivity index (χ2n) is 7.48. The van der Waals surface area contributed by atoms with Crippen LogP contribution in [0.5, 0.6) is 17.2 Å². The number of hydrogen-bond donors (Lipinski definition) is 0. The number of hydrogen-bond acceptors (Lipinski definition) is 2. The molecule has 3 rings (SSSR count). The maximum Gasteiger partial charge on any atom is 0.250 e. The molecule has 0 saturated carbocycles. The Balaban J connectivity index is 1.97. The van der Waals surface area contributed by atoms with Crippen molar-refractivity contribution < 1.29 is 9.16 Å². The summed E-state index contributed by atoms with van der Waals surface area (Å²) in [6.45, 7) is 11.4. The summed E-state index contributed by atoms with van der Waals surface area (Å²) in [7, 11) is -1.85. The maximum atomic E-state index is 6.54. The zero-order valence-corrected chi connectivity index (χ0v) is 15.1. The standard InChI is InChI=1S/C19H24O2Si/c1-19(2,3)22(4,5)21-18-12-8-11-17-15(18)13-14-9-6-7-10-16(14)20-17/h6-12H,13H2,1-5H3. The van der Waals surface area contributed by atoms with Crippen molar-refractivity contribution in [1.29, 1.82) is 0 Å². The van der Waals surface area contributed by atoms with Gasteiger partial charge in [0, 0.05) is 12.0 Å². The first-order valence-corrected chi connectivity index (χ1v) is 10.8. The molecule has 0 amide bonds. The van der Waals surface area contributed by atoms with Crippen LogP contribution < -0.4 is 9.16 Å². The minimum absolute atomic E-state index is 0.184. The lowest BCUT2D eigenvalue weighted by atomic mass is 10.00. The largest absolute Gasteiger partial charge is 0.543 e. The third-order valence-corrected chi connectivity index (χ3v) is 9.16. The Morgan fingerprint density at radius 2 is 1.64 bits per heavy atom. The third-order valence-electron chi connectivity index (χ3n) is 4.82. The molecule has 0 fully saturated rings. The second kappa shape index (κ2) is 5.16. The summed E-state index contributed by atoms with van der Waals surface area (Å²) >= 11 is 0. The molecule has 2 nitrogen and oxygen atoms in total. The summed E-state index contributed by atoms with van der Waals surface area (Å²) in [5, 5.41) is 0.184. The Morgan fingerprint density at radius 1 is 0.955 bits per heavy atom. The number of ether oxygens (including phenoxy) is 1. The Morgan fingerprint density at radius 3 is 2.36 bits per heavy atom. The number of benzene rings is 2. The van der Waals surface area contributed by atoms with Crippen molar-refractivity contribution in [2.45, 2.75) is 45.3 Å². The van der Waals surface area contributed by atoms with Crippen molar-refractivity contribution in [3.63, 3.8) is 0 Å². The molecule has 1 heterocycles. The second-order valence-corrected chi connectivity index (χ2v) is 12.2. The summed E-state index contributed by atoms with van der Waals surface area (Å²) in [6.07, 6.45) is 0.871. The molecule has 1 aliphatic heterocycles. The molecule has 2 aromatic rings. The predicted octanol–water partition coefficient (Wildman–Crippen LogP) is 5.77. The highest BCUT2D eigenvalue weighted by Crippen LogP contribution is 2.44. The van der Waals surface area contributed by atoms with Crippen LogP contribution in [0.25, 0.3) is 0 Å². The average Bonchev–Trinajstić information content (AvgIpc) is 2.44. The van der Waals surface area contributed by atoms with Crippen molar-refractivity contribution in [3.05, 3.63) is 53.6 Å². The summed E-state index contributed by atoms with van der Waals surface area (Å²) in [4.78, 5) is 0. The molecular weight excluding hydrogens is 288 g/mol. The van der Waals surface area contributed by atoms with Crippen LogP contribution in [0.2, 0.25) is 18.1 Å². The van der Waals surface area contributed by atoms with Gasteiger partial charge in [-0.1, -0.05) is 45.0 Å². The molecule has 2 aromatic carbocycles. The molecule has 1 aliphatic rings. The van der Waals surface area contributed by atoms with Crippen LogP contribution in [-0.2, 0) is 6.42 Å². The van der Waals surface area contributed by atoms with Crippen molar-refractivity contribution in [1.82, 2.24) is 0 Å². The first-order valence-electron chi connectivity index (χ1n) is 7.84. The van der Waals surface area contributed by atoms with Crippen LogP contribution >= 0.6 is 0 Å². The van der Waals surface area contributed by atoms with Crippen molar-refractivity contribution >= 4 is 8.32 Å². The normalized spacial score (nSPS) is 13.9. The summed E-state index contributed by atoms with van der Waals surface area (Å²) in [5.74, 6) is 2.87. The van der Waals surface area contributed by atoms with E-state index in [1.807, 2.05) is 24.3 Å². The van der Waals surface area contributed by atoms with E-state index in [0.29, 0.717) is 0 Å². The highest BCUT2D eigenvalue weighted by atomic mass is 28.4. The lowest BCUT2D eigenvalue weighted by molar-refractivity contribution is 0.443. The van der Waals surface area contributed by atoms with Gasteiger partial charge in [-0.2, -0.15) is 0 Å². The molecule has 0 spiro atoms.